The summed E-state index contributed by atoms with van der Waals surface area (Å²) in [6.45, 7) is 9.79. The highest BCUT2D eigenvalue weighted by molar-refractivity contribution is 5.83. The van der Waals surface area contributed by atoms with E-state index < -0.39 is 24.1 Å². The van der Waals surface area contributed by atoms with Crippen molar-refractivity contribution in [3.63, 3.8) is 0 Å². The Morgan fingerprint density at radius 3 is 1.86 bits per heavy atom. The molecule has 0 aliphatic carbocycles. The summed E-state index contributed by atoms with van der Waals surface area (Å²) in [4.78, 5) is 22.0. The van der Waals surface area contributed by atoms with Gasteiger partial charge in [0.1, 0.15) is 5.75 Å². The number of nitriles is 1. The number of nitrogens with zero attached hydrogens (tertiary/aromatic N) is 2. The molecule has 2 aromatic rings. The second kappa shape index (κ2) is 14.1. The van der Waals surface area contributed by atoms with Gasteiger partial charge in [0, 0.05) is 23.6 Å². The maximum atomic E-state index is 10.4. The van der Waals surface area contributed by atoms with Crippen LogP contribution in [-0.2, 0) is 9.59 Å². The van der Waals surface area contributed by atoms with E-state index >= 15 is 0 Å². The molecule has 0 aliphatic heterocycles. The van der Waals surface area contributed by atoms with Gasteiger partial charge in [-0.3, -0.25) is 4.90 Å². The number of carboxylic acid groups (broad SMARTS) is 2. The first-order chi connectivity index (χ1) is 16.4. The minimum Gasteiger partial charge on any atom is -0.508 e. The van der Waals surface area contributed by atoms with Crippen molar-refractivity contribution in [2.24, 2.45) is 0 Å². The summed E-state index contributed by atoms with van der Waals surface area (Å²) in [5.74, 6) is -3.22. The van der Waals surface area contributed by atoms with Crippen molar-refractivity contribution in [1.29, 1.82) is 5.26 Å². The van der Waals surface area contributed by atoms with Crippen molar-refractivity contribution in [3.05, 3.63) is 65.2 Å². The zero-order chi connectivity index (χ0) is 26.7. The predicted molar refractivity (Wildman–Crippen MR) is 130 cm³/mol. The number of aliphatic hydroxyl groups excluding tert-OH is 2. The Balaban J connectivity index is 0.000000518. The smallest absolute Gasteiger partial charge is 0.335 e. The summed E-state index contributed by atoms with van der Waals surface area (Å²) in [5, 5.41) is 52.2. The second-order valence-electron chi connectivity index (χ2n) is 8.63. The molecule has 3 atom stereocenters. The molecule has 0 heterocycles. The molecule has 0 bridgehead atoms. The molecule has 0 saturated heterocycles. The Kier molecular flexibility index (Phi) is 11.9. The van der Waals surface area contributed by atoms with Gasteiger partial charge in [-0.05, 0) is 64.4 Å². The quantitative estimate of drug-likeness (QED) is 0.340. The third-order valence-corrected chi connectivity index (χ3v) is 5.54. The molecule has 3 unspecified atom stereocenters. The number of hydrogen-bond donors (Lipinski definition) is 5. The van der Waals surface area contributed by atoms with Crippen LogP contribution in [-0.4, -0.2) is 73.2 Å². The van der Waals surface area contributed by atoms with Crippen molar-refractivity contribution in [2.75, 3.05) is 6.54 Å². The number of phenolic OH excluding ortho intramolecular Hbond substituents is 1. The van der Waals surface area contributed by atoms with Crippen molar-refractivity contribution < 1.29 is 35.1 Å². The molecule has 2 aromatic carbocycles. The van der Waals surface area contributed by atoms with Crippen LogP contribution in [0.15, 0.2) is 48.5 Å². The molecule has 35 heavy (non-hydrogen) atoms. The van der Waals surface area contributed by atoms with Gasteiger partial charge in [-0.1, -0.05) is 30.3 Å². The Labute approximate surface area is 205 Å². The van der Waals surface area contributed by atoms with Crippen molar-refractivity contribution in [2.45, 2.75) is 64.3 Å². The highest BCUT2D eigenvalue weighted by Gasteiger charge is 2.29. The van der Waals surface area contributed by atoms with E-state index in [1.165, 1.54) is 5.56 Å². The number of rotatable bonds is 10. The molecule has 2 rings (SSSR count). The molecule has 0 aliphatic rings. The number of hydrogen-bond acceptors (Lipinski definition) is 7. The molecule has 0 radical (unpaired) electrons. The number of benzene rings is 2. The lowest BCUT2D eigenvalue weighted by Gasteiger charge is -2.32. The first kappa shape index (κ1) is 29.6. The van der Waals surface area contributed by atoms with Crippen LogP contribution >= 0.6 is 0 Å². The topological polar surface area (TPSA) is 162 Å². The van der Waals surface area contributed by atoms with Gasteiger partial charge in [-0.2, -0.15) is 5.26 Å². The number of carbonyl (C=O) groups is 2. The summed E-state index contributed by atoms with van der Waals surface area (Å²) < 4.78 is 0. The monoisotopic (exact) mass is 486 g/mol. The first-order valence-electron chi connectivity index (χ1n) is 11.3. The number of carboxylic acids is 2. The Bertz CT molecular complexity index is 977. The van der Waals surface area contributed by atoms with E-state index in [-0.39, 0.29) is 11.7 Å². The molecule has 9 nitrogen and oxygen atoms in total. The second-order valence-corrected chi connectivity index (χ2v) is 8.63. The van der Waals surface area contributed by atoms with Crippen molar-refractivity contribution in [1.82, 2.24) is 4.90 Å². The van der Waals surface area contributed by atoms with Gasteiger partial charge in [0.15, 0.2) is 12.2 Å². The van der Waals surface area contributed by atoms with Gasteiger partial charge < -0.3 is 25.5 Å². The lowest BCUT2D eigenvalue weighted by atomic mass is 9.86. The molecule has 0 fully saturated rings. The SMILES string of the molecule is CC(C)N(CCC(c1ccccc1)c1cc(C#N)ccc1O)C(C)C.O=C(O)C(O)C(O)C(=O)O. The standard InChI is InChI=1S/C22H28N2O.C4H6O6/c1-16(2)24(17(3)4)13-12-20(19-8-6-5-7-9-19)21-14-18(15-23)10-11-22(21)25;5-1(3(7)8)2(6)4(9)10/h5-11,14,16-17,20,25H,12-13H2,1-4H3;1-2,5-6H,(H,7,8)(H,9,10). The van der Waals surface area contributed by atoms with Crippen LogP contribution in [0.1, 0.15) is 56.7 Å². The lowest BCUT2D eigenvalue weighted by Crippen LogP contribution is -2.39. The molecular formula is C26H34N2O7. The molecule has 9 heteroatoms. The average Bonchev–Trinajstić information content (AvgIpc) is 2.81. The number of phenols is 1. The van der Waals surface area contributed by atoms with Gasteiger partial charge in [-0.25, -0.2) is 9.59 Å². The van der Waals surface area contributed by atoms with Crippen LogP contribution in [0.2, 0.25) is 0 Å². The van der Waals surface area contributed by atoms with E-state index in [2.05, 4.69) is 50.8 Å². The molecule has 0 aromatic heterocycles. The van der Waals surface area contributed by atoms with Crippen LogP contribution in [0.4, 0.5) is 0 Å². The normalized spacial score (nSPS) is 13.5. The highest BCUT2D eigenvalue weighted by atomic mass is 16.4. The zero-order valence-corrected chi connectivity index (χ0v) is 20.4. The van der Waals surface area contributed by atoms with Crippen molar-refractivity contribution >= 4 is 11.9 Å². The Hall–Kier alpha value is -3.45. The number of aromatic hydroxyl groups is 1. The maximum absolute atomic E-state index is 10.4. The van der Waals surface area contributed by atoms with E-state index in [9.17, 15) is 20.0 Å². The van der Waals surface area contributed by atoms with E-state index in [0.717, 1.165) is 18.5 Å². The third kappa shape index (κ3) is 9.02. The molecular weight excluding hydrogens is 452 g/mol. The number of aliphatic hydroxyl groups is 2. The molecule has 0 amide bonds. The van der Waals surface area contributed by atoms with E-state index in [1.807, 2.05) is 24.3 Å². The number of aliphatic carboxylic acids is 2. The predicted octanol–water partition coefficient (Wildman–Crippen LogP) is 2.78. The van der Waals surface area contributed by atoms with Crippen LogP contribution in [0.25, 0.3) is 0 Å². The molecule has 0 saturated carbocycles. The van der Waals surface area contributed by atoms with Gasteiger partial charge in [0.05, 0.1) is 11.6 Å². The van der Waals surface area contributed by atoms with E-state index in [0.29, 0.717) is 17.6 Å². The summed E-state index contributed by atoms with van der Waals surface area (Å²) in [5.41, 5.74) is 2.58. The third-order valence-electron chi connectivity index (χ3n) is 5.54. The molecule has 5 N–H and O–H groups in total. The first-order valence-corrected chi connectivity index (χ1v) is 11.3. The fraction of sp³-hybridized carbons (Fsp3) is 0.423. The average molecular weight is 487 g/mol. The van der Waals surface area contributed by atoms with Crippen LogP contribution in [0.5, 0.6) is 5.75 Å². The minimum absolute atomic E-state index is 0.0644. The van der Waals surface area contributed by atoms with E-state index in [1.54, 1.807) is 12.1 Å². The summed E-state index contributed by atoms with van der Waals surface area (Å²) in [6, 6.07) is 18.5. The van der Waals surface area contributed by atoms with Gasteiger partial charge in [0.2, 0.25) is 0 Å². The van der Waals surface area contributed by atoms with E-state index in [4.69, 9.17) is 20.4 Å². The highest BCUT2D eigenvalue weighted by Crippen LogP contribution is 2.35. The fourth-order valence-electron chi connectivity index (χ4n) is 3.75. The fourth-order valence-corrected chi connectivity index (χ4v) is 3.75. The largest absolute Gasteiger partial charge is 0.508 e. The molecule has 0 spiro atoms. The van der Waals surface area contributed by atoms with Crippen LogP contribution < -0.4 is 0 Å². The Morgan fingerprint density at radius 2 is 1.43 bits per heavy atom. The zero-order valence-electron chi connectivity index (χ0n) is 20.4. The van der Waals surface area contributed by atoms with Gasteiger partial charge >= 0.3 is 11.9 Å². The van der Waals surface area contributed by atoms with Crippen molar-refractivity contribution in [3.8, 4) is 11.8 Å². The minimum atomic E-state index is -2.27. The van der Waals surface area contributed by atoms with Crippen LogP contribution in [0, 0.1) is 11.3 Å². The summed E-state index contributed by atoms with van der Waals surface area (Å²) in [6.07, 6.45) is -3.64. The molecule has 190 valence electrons. The Morgan fingerprint density at radius 1 is 0.914 bits per heavy atom. The van der Waals surface area contributed by atoms with Gasteiger partial charge in [-0.15, -0.1) is 0 Å². The van der Waals surface area contributed by atoms with Gasteiger partial charge in [0.25, 0.3) is 0 Å². The summed E-state index contributed by atoms with van der Waals surface area (Å²) in [7, 11) is 0. The lowest BCUT2D eigenvalue weighted by molar-refractivity contribution is -0.165. The maximum Gasteiger partial charge on any atom is 0.335 e. The van der Waals surface area contributed by atoms with Crippen LogP contribution in [0.3, 0.4) is 0 Å². The summed E-state index contributed by atoms with van der Waals surface area (Å²) >= 11 is 0.